The van der Waals surface area contributed by atoms with Crippen LogP contribution in [0.5, 0.6) is 5.75 Å². The van der Waals surface area contributed by atoms with Gasteiger partial charge >= 0.3 is 5.97 Å². The predicted octanol–water partition coefficient (Wildman–Crippen LogP) is 6.34. The number of para-hydroxylation sites is 3. The molecule has 1 unspecified atom stereocenters. The Hall–Kier alpha value is -4.33. The van der Waals surface area contributed by atoms with Crippen LogP contribution in [-0.2, 0) is 16.0 Å². The second-order valence-electron chi connectivity index (χ2n) is 10.7. The fourth-order valence-electron chi connectivity index (χ4n) is 5.43. The Morgan fingerprint density at radius 1 is 0.951 bits per heavy atom. The standard InChI is InChI=1S/C33H37N3O5/c1-35(33-34-28-15-9-10-16-30(28)41-33)21-22-40-27-19-17-24(18-20-27)23-29(32(38)39)36(26-13-7-4-8-14-26)31(37)25-11-5-2-3-6-12-25/h4,7-10,13-20,25,29H,2-3,5-6,11-12,21-23H2,1H3,(H,38,39). The molecule has 3 aromatic carbocycles. The number of carboxylic acid groups (broad SMARTS) is 1. The highest BCUT2D eigenvalue weighted by molar-refractivity contribution is 6.00. The fraction of sp³-hybridized carbons (Fsp3) is 0.364. The summed E-state index contributed by atoms with van der Waals surface area (Å²) in [5.41, 5.74) is 3.00. The first kappa shape index (κ1) is 28.2. The normalized spacial score (nSPS) is 14.8. The highest BCUT2D eigenvalue weighted by Crippen LogP contribution is 2.29. The SMILES string of the molecule is CN(CCOc1ccc(CC(C(=O)O)N(C(=O)C2CCCCCC2)c2ccccc2)cc1)c1nc2ccccc2o1. The van der Waals surface area contributed by atoms with E-state index in [1.165, 1.54) is 4.90 Å². The third-order valence-corrected chi connectivity index (χ3v) is 7.73. The topological polar surface area (TPSA) is 96.1 Å². The molecule has 8 heteroatoms. The van der Waals surface area contributed by atoms with Crippen molar-refractivity contribution >= 4 is 34.7 Å². The average molecular weight is 556 g/mol. The van der Waals surface area contributed by atoms with Gasteiger partial charge in [0.05, 0.1) is 6.54 Å². The lowest BCUT2D eigenvalue weighted by Gasteiger charge is -2.32. The number of benzene rings is 3. The molecular weight excluding hydrogens is 518 g/mol. The number of carboxylic acids is 1. The number of aliphatic carboxylic acids is 1. The van der Waals surface area contributed by atoms with Crippen LogP contribution in [-0.4, -0.2) is 48.2 Å². The molecule has 1 atom stereocenters. The smallest absolute Gasteiger partial charge is 0.327 e. The summed E-state index contributed by atoms with van der Waals surface area (Å²) in [6.07, 6.45) is 6.07. The molecule has 5 rings (SSSR count). The molecule has 0 aliphatic heterocycles. The van der Waals surface area contributed by atoms with Crippen molar-refractivity contribution in [1.82, 2.24) is 4.98 Å². The second-order valence-corrected chi connectivity index (χ2v) is 10.7. The summed E-state index contributed by atoms with van der Waals surface area (Å²) in [7, 11) is 1.90. The van der Waals surface area contributed by atoms with Crippen LogP contribution in [0.4, 0.5) is 11.7 Å². The van der Waals surface area contributed by atoms with E-state index in [0.717, 1.165) is 55.2 Å². The molecule has 8 nitrogen and oxygen atoms in total. The molecule has 0 saturated heterocycles. The number of oxazole rings is 1. The van der Waals surface area contributed by atoms with Crippen LogP contribution in [0.2, 0.25) is 0 Å². The number of hydrogen-bond donors (Lipinski definition) is 1. The zero-order chi connectivity index (χ0) is 28.6. The lowest BCUT2D eigenvalue weighted by Crippen LogP contribution is -2.49. The Balaban J connectivity index is 1.23. The largest absolute Gasteiger partial charge is 0.492 e. The summed E-state index contributed by atoms with van der Waals surface area (Å²) in [5, 5.41) is 10.3. The van der Waals surface area contributed by atoms with Gasteiger partial charge in [-0.25, -0.2) is 4.79 Å². The number of nitrogens with zero attached hydrogens (tertiary/aromatic N) is 3. The molecule has 1 aliphatic carbocycles. The van der Waals surface area contributed by atoms with Crippen molar-refractivity contribution in [2.24, 2.45) is 5.92 Å². The van der Waals surface area contributed by atoms with Gasteiger partial charge in [0.1, 0.15) is 23.9 Å². The number of carbonyl (C=O) groups excluding carboxylic acids is 1. The van der Waals surface area contributed by atoms with E-state index in [4.69, 9.17) is 9.15 Å². The van der Waals surface area contributed by atoms with E-state index >= 15 is 0 Å². The van der Waals surface area contributed by atoms with Gasteiger partial charge in [-0.3, -0.25) is 9.69 Å². The van der Waals surface area contributed by atoms with Crippen molar-refractivity contribution in [1.29, 1.82) is 0 Å². The number of likely N-dealkylation sites (N-methyl/N-ethyl adjacent to an activating group) is 1. The molecule has 1 fully saturated rings. The zero-order valence-corrected chi connectivity index (χ0v) is 23.4. The highest BCUT2D eigenvalue weighted by atomic mass is 16.5. The summed E-state index contributed by atoms with van der Waals surface area (Å²) in [4.78, 5) is 34.3. The van der Waals surface area contributed by atoms with Gasteiger partial charge in [-0.1, -0.05) is 68.1 Å². The predicted molar refractivity (Wildman–Crippen MR) is 159 cm³/mol. The summed E-state index contributed by atoms with van der Waals surface area (Å²) >= 11 is 0. The molecule has 0 bridgehead atoms. The molecule has 1 aromatic heterocycles. The number of aromatic nitrogens is 1. The monoisotopic (exact) mass is 555 g/mol. The summed E-state index contributed by atoms with van der Waals surface area (Å²) in [6.45, 7) is 0.995. The minimum atomic E-state index is -1.02. The number of anilines is 2. The molecule has 1 N–H and O–H groups in total. The van der Waals surface area contributed by atoms with Crippen LogP contribution in [0.3, 0.4) is 0 Å². The molecule has 1 amide bonds. The van der Waals surface area contributed by atoms with E-state index in [9.17, 15) is 14.7 Å². The Kier molecular flexibility index (Phi) is 9.19. The van der Waals surface area contributed by atoms with Crippen molar-refractivity contribution in [2.45, 2.75) is 51.0 Å². The lowest BCUT2D eigenvalue weighted by molar-refractivity contribution is -0.140. The molecular formula is C33H37N3O5. The van der Waals surface area contributed by atoms with E-state index in [1.807, 2.05) is 90.8 Å². The van der Waals surface area contributed by atoms with Gasteiger partial charge in [-0.2, -0.15) is 4.98 Å². The van der Waals surface area contributed by atoms with Gasteiger partial charge in [-0.15, -0.1) is 0 Å². The Bertz CT molecular complexity index is 1400. The Labute approximate surface area is 240 Å². The molecule has 0 spiro atoms. The molecule has 0 radical (unpaired) electrons. The maximum atomic E-state index is 13.8. The van der Waals surface area contributed by atoms with Crippen molar-refractivity contribution < 1.29 is 23.8 Å². The maximum absolute atomic E-state index is 13.8. The zero-order valence-electron chi connectivity index (χ0n) is 23.4. The van der Waals surface area contributed by atoms with E-state index < -0.39 is 12.0 Å². The van der Waals surface area contributed by atoms with Crippen LogP contribution in [0, 0.1) is 5.92 Å². The van der Waals surface area contributed by atoms with Crippen molar-refractivity contribution in [3.05, 3.63) is 84.4 Å². The van der Waals surface area contributed by atoms with E-state index in [-0.39, 0.29) is 18.2 Å². The van der Waals surface area contributed by atoms with Gasteiger partial charge in [-0.05, 0) is 54.8 Å². The first-order valence-corrected chi connectivity index (χ1v) is 14.4. The van der Waals surface area contributed by atoms with Crippen LogP contribution >= 0.6 is 0 Å². The number of carbonyl (C=O) groups is 2. The second kappa shape index (κ2) is 13.4. The molecule has 4 aromatic rings. The van der Waals surface area contributed by atoms with E-state index in [0.29, 0.717) is 30.6 Å². The van der Waals surface area contributed by atoms with Crippen molar-refractivity contribution in [3.63, 3.8) is 0 Å². The fourth-order valence-corrected chi connectivity index (χ4v) is 5.43. The number of fused-ring (bicyclic) bond motifs is 1. The number of hydrogen-bond acceptors (Lipinski definition) is 6. The lowest BCUT2D eigenvalue weighted by atomic mass is 9.95. The minimum absolute atomic E-state index is 0.0893. The Morgan fingerprint density at radius 2 is 1.63 bits per heavy atom. The molecule has 1 saturated carbocycles. The van der Waals surface area contributed by atoms with Gasteiger partial charge in [0.25, 0.3) is 6.01 Å². The minimum Gasteiger partial charge on any atom is -0.492 e. The third-order valence-electron chi connectivity index (χ3n) is 7.73. The molecule has 1 aliphatic rings. The van der Waals surface area contributed by atoms with Crippen LogP contribution in [0.25, 0.3) is 11.1 Å². The van der Waals surface area contributed by atoms with Crippen molar-refractivity contribution in [2.75, 3.05) is 30.0 Å². The van der Waals surface area contributed by atoms with Crippen molar-refractivity contribution in [3.8, 4) is 5.75 Å². The average Bonchev–Trinajstić information content (AvgIpc) is 3.24. The number of ether oxygens (including phenoxy) is 1. The highest BCUT2D eigenvalue weighted by Gasteiger charge is 2.35. The summed E-state index contributed by atoms with van der Waals surface area (Å²) in [6, 6.07) is 23.8. The summed E-state index contributed by atoms with van der Waals surface area (Å²) in [5.74, 6) is -0.573. The van der Waals surface area contributed by atoms with Gasteiger partial charge in [0.2, 0.25) is 5.91 Å². The molecule has 41 heavy (non-hydrogen) atoms. The molecule has 1 heterocycles. The van der Waals surface area contributed by atoms with E-state index in [2.05, 4.69) is 4.98 Å². The van der Waals surface area contributed by atoms with Crippen LogP contribution in [0.1, 0.15) is 44.1 Å². The quantitative estimate of drug-likeness (QED) is 0.216. The van der Waals surface area contributed by atoms with Crippen LogP contribution < -0.4 is 14.5 Å². The van der Waals surface area contributed by atoms with Gasteiger partial charge in [0, 0.05) is 25.1 Å². The number of amides is 1. The first-order chi connectivity index (χ1) is 20.0. The Morgan fingerprint density at radius 3 is 2.32 bits per heavy atom. The van der Waals surface area contributed by atoms with Gasteiger partial charge < -0.3 is 19.2 Å². The molecule has 214 valence electrons. The number of rotatable bonds is 11. The van der Waals surface area contributed by atoms with E-state index in [1.54, 1.807) is 0 Å². The van der Waals surface area contributed by atoms with Gasteiger partial charge in [0.15, 0.2) is 5.58 Å². The third kappa shape index (κ3) is 7.06. The summed E-state index contributed by atoms with van der Waals surface area (Å²) < 4.78 is 11.7. The first-order valence-electron chi connectivity index (χ1n) is 14.4. The van der Waals surface area contributed by atoms with Crippen LogP contribution in [0.15, 0.2) is 83.3 Å². The maximum Gasteiger partial charge on any atom is 0.327 e.